The van der Waals surface area contributed by atoms with Crippen LogP contribution in [0.4, 0.5) is 18.9 Å². The van der Waals surface area contributed by atoms with Crippen LogP contribution < -0.4 is 10.2 Å². The van der Waals surface area contributed by atoms with Gasteiger partial charge in [-0.05, 0) is 48.9 Å². The van der Waals surface area contributed by atoms with Gasteiger partial charge >= 0.3 is 0 Å². The smallest absolute Gasteiger partial charge is 0.251 e. The van der Waals surface area contributed by atoms with Crippen LogP contribution in [-0.2, 0) is 10.0 Å². The molecule has 0 atom stereocenters. The van der Waals surface area contributed by atoms with Gasteiger partial charge in [0.15, 0.2) is 11.6 Å². The molecule has 1 aliphatic rings. The Hall–Kier alpha value is -2.59. The van der Waals surface area contributed by atoms with E-state index in [9.17, 15) is 26.4 Å². The minimum Gasteiger partial charge on any atom is -0.369 e. The third-order valence-corrected chi connectivity index (χ3v) is 6.83. The lowest BCUT2D eigenvalue weighted by Crippen LogP contribution is -2.49. The van der Waals surface area contributed by atoms with Gasteiger partial charge in [-0.2, -0.15) is 4.31 Å². The Balaban J connectivity index is 1.43. The topological polar surface area (TPSA) is 69.7 Å². The van der Waals surface area contributed by atoms with E-state index in [0.29, 0.717) is 26.2 Å². The molecule has 1 heterocycles. The quantitative estimate of drug-likeness (QED) is 0.670. The number of nitrogens with zero attached hydrogens (tertiary/aromatic N) is 2. The van der Waals surface area contributed by atoms with Gasteiger partial charge in [-0.1, -0.05) is 0 Å². The van der Waals surface area contributed by atoms with Crippen molar-refractivity contribution < 1.29 is 26.4 Å². The molecule has 30 heavy (non-hydrogen) atoms. The maximum absolute atomic E-state index is 13.2. The van der Waals surface area contributed by atoms with Crippen molar-refractivity contribution in [2.24, 2.45) is 0 Å². The summed E-state index contributed by atoms with van der Waals surface area (Å²) in [6.07, 6.45) is 0.190. The highest BCUT2D eigenvalue weighted by molar-refractivity contribution is 7.89. The largest absolute Gasteiger partial charge is 0.369 e. The van der Waals surface area contributed by atoms with Crippen LogP contribution in [0.2, 0.25) is 0 Å². The molecular weight excluding hydrogens is 419 g/mol. The Bertz CT molecular complexity index is 992. The van der Waals surface area contributed by atoms with E-state index in [2.05, 4.69) is 5.32 Å². The first-order valence-electron chi connectivity index (χ1n) is 9.48. The van der Waals surface area contributed by atoms with Gasteiger partial charge in [0.2, 0.25) is 10.0 Å². The van der Waals surface area contributed by atoms with E-state index in [1.54, 1.807) is 12.1 Å². The van der Waals surface area contributed by atoms with E-state index in [4.69, 9.17) is 0 Å². The van der Waals surface area contributed by atoms with E-state index >= 15 is 0 Å². The number of hydrogen-bond donors (Lipinski definition) is 1. The Morgan fingerprint density at radius 3 is 2.23 bits per heavy atom. The van der Waals surface area contributed by atoms with E-state index in [-0.39, 0.29) is 30.1 Å². The highest BCUT2D eigenvalue weighted by Crippen LogP contribution is 2.18. The van der Waals surface area contributed by atoms with Crippen molar-refractivity contribution in [2.45, 2.75) is 6.42 Å². The van der Waals surface area contributed by atoms with E-state index < -0.39 is 27.6 Å². The lowest BCUT2D eigenvalue weighted by atomic mass is 10.2. The van der Waals surface area contributed by atoms with Crippen LogP contribution in [0, 0.1) is 17.5 Å². The van der Waals surface area contributed by atoms with Crippen LogP contribution in [0.3, 0.4) is 0 Å². The number of hydrogen-bond acceptors (Lipinski definition) is 4. The lowest BCUT2D eigenvalue weighted by molar-refractivity contribution is 0.0953. The number of benzene rings is 2. The molecule has 1 aliphatic heterocycles. The summed E-state index contributed by atoms with van der Waals surface area (Å²) < 4.78 is 65.6. The van der Waals surface area contributed by atoms with Crippen molar-refractivity contribution >= 4 is 21.6 Å². The van der Waals surface area contributed by atoms with Crippen LogP contribution in [0.25, 0.3) is 0 Å². The summed E-state index contributed by atoms with van der Waals surface area (Å²) in [5, 5.41) is 2.50. The Kier molecular flexibility index (Phi) is 6.99. The normalized spacial score (nSPS) is 15.2. The number of rotatable bonds is 7. The summed E-state index contributed by atoms with van der Waals surface area (Å²) in [6.45, 7) is 1.73. The molecule has 0 saturated carbocycles. The second-order valence-corrected chi connectivity index (χ2v) is 9.01. The van der Waals surface area contributed by atoms with Gasteiger partial charge in [0, 0.05) is 44.0 Å². The SMILES string of the molecule is O=C(NCCCS(=O)(=O)N1CCN(c2ccc(F)cc2)CC1)c1ccc(F)c(F)c1. The summed E-state index contributed by atoms with van der Waals surface area (Å²) in [7, 11) is -3.48. The summed E-state index contributed by atoms with van der Waals surface area (Å²) in [5.41, 5.74) is 0.807. The molecule has 0 spiro atoms. The molecule has 6 nitrogen and oxygen atoms in total. The van der Waals surface area contributed by atoms with Gasteiger partial charge in [0.1, 0.15) is 5.82 Å². The number of sulfonamides is 1. The summed E-state index contributed by atoms with van der Waals surface area (Å²) >= 11 is 0. The molecule has 1 saturated heterocycles. The third-order valence-electron chi connectivity index (χ3n) is 4.87. The summed E-state index contributed by atoms with van der Waals surface area (Å²) in [5.74, 6) is -3.22. The van der Waals surface area contributed by atoms with Crippen molar-refractivity contribution in [3.63, 3.8) is 0 Å². The zero-order valence-corrected chi connectivity index (χ0v) is 17.0. The first-order valence-corrected chi connectivity index (χ1v) is 11.1. The number of piperazine rings is 1. The number of carbonyl (C=O) groups is 1. The fourth-order valence-corrected chi connectivity index (χ4v) is 4.69. The van der Waals surface area contributed by atoms with Gasteiger partial charge in [-0.15, -0.1) is 0 Å². The molecule has 162 valence electrons. The highest BCUT2D eigenvalue weighted by Gasteiger charge is 2.26. The molecular formula is C20H22F3N3O3S. The van der Waals surface area contributed by atoms with Crippen molar-refractivity contribution in [3.8, 4) is 0 Å². The first kappa shape index (κ1) is 22.1. The molecule has 1 N–H and O–H groups in total. The molecule has 10 heteroatoms. The van der Waals surface area contributed by atoms with Gasteiger partial charge < -0.3 is 10.2 Å². The standard InChI is InChI=1S/C20H22F3N3O3S/c21-16-3-5-17(6-4-16)25-9-11-26(12-10-25)30(28,29)13-1-8-24-20(27)15-2-7-18(22)19(23)14-15/h2-7,14H,1,8-13H2,(H,24,27). The highest BCUT2D eigenvalue weighted by atomic mass is 32.2. The first-order chi connectivity index (χ1) is 14.3. The maximum Gasteiger partial charge on any atom is 0.251 e. The Morgan fingerprint density at radius 2 is 1.60 bits per heavy atom. The third kappa shape index (κ3) is 5.51. The average molecular weight is 441 g/mol. The second kappa shape index (κ2) is 9.48. The van der Waals surface area contributed by atoms with E-state index in [1.807, 2.05) is 4.90 Å². The zero-order chi connectivity index (χ0) is 21.7. The van der Waals surface area contributed by atoms with Gasteiger partial charge in [0.05, 0.1) is 5.75 Å². The van der Waals surface area contributed by atoms with Crippen molar-refractivity contribution in [2.75, 3.05) is 43.4 Å². The molecule has 2 aromatic rings. The van der Waals surface area contributed by atoms with Crippen LogP contribution in [-0.4, -0.2) is 57.1 Å². The number of anilines is 1. The van der Waals surface area contributed by atoms with Crippen molar-refractivity contribution in [1.82, 2.24) is 9.62 Å². The predicted octanol–water partition coefficient (Wildman–Crippen LogP) is 2.38. The van der Waals surface area contributed by atoms with Crippen LogP contribution in [0.1, 0.15) is 16.8 Å². The van der Waals surface area contributed by atoms with Crippen LogP contribution >= 0.6 is 0 Å². The summed E-state index contributed by atoms with van der Waals surface area (Å²) in [6, 6.07) is 8.87. The molecule has 0 radical (unpaired) electrons. The fourth-order valence-electron chi connectivity index (χ4n) is 3.20. The zero-order valence-electron chi connectivity index (χ0n) is 16.2. The monoisotopic (exact) mass is 441 g/mol. The maximum atomic E-state index is 13.2. The van der Waals surface area contributed by atoms with Crippen LogP contribution in [0.15, 0.2) is 42.5 Å². The van der Waals surface area contributed by atoms with E-state index in [0.717, 1.165) is 23.9 Å². The Morgan fingerprint density at radius 1 is 0.933 bits per heavy atom. The minimum absolute atomic E-state index is 0.0336. The number of carbonyl (C=O) groups excluding carboxylic acids is 1. The molecule has 0 aliphatic carbocycles. The fraction of sp³-hybridized carbons (Fsp3) is 0.350. The van der Waals surface area contributed by atoms with Gasteiger partial charge in [-0.25, -0.2) is 21.6 Å². The molecule has 3 rings (SSSR count). The molecule has 1 fully saturated rings. The van der Waals surface area contributed by atoms with Crippen molar-refractivity contribution in [1.29, 1.82) is 0 Å². The molecule has 0 bridgehead atoms. The average Bonchev–Trinajstić information content (AvgIpc) is 2.73. The molecule has 2 aromatic carbocycles. The predicted molar refractivity (Wildman–Crippen MR) is 107 cm³/mol. The Labute approximate surface area is 173 Å². The molecule has 0 aromatic heterocycles. The number of nitrogens with one attached hydrogen (secondary N) is 1. The van der Waals surface area contributed by atoms with Crippen molar-refractivity contribution in [3.05, 3.63) is 65.5 Å². The number of halogens is 3. The summed E-state index contributed by atoms with van der Waals surface area (Å²) in [4.78, 5) is 13.9. The van der Waals surface area contributed by atoms with Crippen LogP contribution in [0.5, 0.6) is 0 Å². The van der Waals surface area contributed by atoms with Gasteiger partial charge in [-0.3, -0.25) is 4.79 Å². The molecule has 0 unspecified atom stereocenters. The second-order valence-electron chi connectivity index (χ2n) is 6.92. The van der Waals surface area contributed by atoms with Gasteiger partial charge in [0.25, 0.3) is 5.91 Å². The minimum atomic E-state index is -3.48. The number of amides is 1. The lowest BCUT2D eigenvalue weighted by Gasteiger charge is -2.35. The van der Waals surface area contributed by atoms with E-state index in [1.165, 1.54) is 16.4 Å². The molecule has 1 amide bonds.